The molecule has 0 aliphatic heterocycles. The molecule has 0 spiro atoms. The van der Waals surface area contributed by atoms with E-state index in [1.54, 1.807) is 0 Å². The number of nitrogens with two attached hydrogens (primary N) is 1. The summed E-state index contributed by atoms with van der Waals surface area (Å²) in [7, 11) is 0. The lowest BCUT2D eigenvalue weighted by Gasteiger charge is -1.93. The van der Waals surface area contributed by atoms with Crippen molar-refractivity contribution in [3.63, 3.8) is 0 Å². The molecule has 0 aromatic heterocycles. The zero-order chi connectivity index (χ0) is 7.82. The van der Waals surface area contributed by atoms with Crippen molar-refractivity contribution in [3.05, 3.63) is 23.9 Å². The van der Waals surface area contributed by atoms with Crippen molar-refractivity contribution in [1.82, 2.24) is 0 Å². The van der Waals surface area contributed by atoms with Crippen LogP contribution in [-0.2, 0) is 4.79 Å². The molecular weight excluding hydrogens is 126 g/mol. The van der Waals surface area contributed by atoms with E-state index in [-0.39, 0.29) is 0 Å². The largest absolute Gasteiger partial charge is 0.404 e. The fourth-order valence-corrected chi connectivity index (χ4v) is 0.662. The summed E-state index contributed by atoms with van der Waals surface area (Å²) in [4.78, 5) is 9.94. The standard InChI is InChI=1S/C8H13NO/c1-2-4-8(7-9)5-3-6-10/h2,4,6-7H,3,5,9H2,1H3/b4-2-,8-7+. The Balaban J connectivity index is 3.73. The number of hydrogen-bond acceptors (Lipinski definition) is 2. The van der Waals surface area contributed by atoms with Gasteiger partial charge in [-0.25, -0.2) is 0 Å². The summed E-state index contributed by atoms with van der Waals surface area (Å²) in [6, 6.07) is 0. The molecule has 0 aromatic carbocycles. The van der Waals surface area contributed by atoms with Crippen LogP contribution >= 0.6 is 0 Å². The number of aldehydes is 1. The predicted octanol–water partition coefficient (Wildman–Crippen LogP) is 1.38. The molecule has 0 fully saturated rings. The molecule has 56 valence electrons. The van der Waals surface area contributed by atoms with Crippen LogP contribution < -0.4 is 5.73 Å². The Morgan fingerprint density at radius 3 is 2.70 bits per heavy atom. The van der Waals surface area contributed by atoms with E-state index >= 15 is 0 Å². The first-order valence-corrected chi connectivity index (χ1v) is 3.32. The summed E-state index contributed by atoms with van der Waals surface area (Å²) < 4.78 is 0. The average molecular weight is 139 g/mol. The smallest absolute Gasteiger partial charge is 0.120 e. The highest BCUT2D eigenvalue weighted by molar-refractivity contribution is 5.50. The van der Waals surface area contributed by atoms with Gasteiger partial charge in [-0.15, -0.1) is 0 Å². The lowest BCUT2D eigenvalue weighted by Crippen LogP contribution is -1.86. The highest BCUT2D eigenvalue weighted by Crippen LogP contribution is 2.02. The molecule has 0 saturated heterocycles. The molecule has 0 amide bonds. The second-order valence-electron chi connectivity index (χ2n) is 1.95. The Morgan fingerprint density at radius 2 is 2.30 bits per heavy atom. The van der Waals surface area contributed by atoms with Gasteiger partial charge in [0, 0.05) is 6.42 Å². The van der Waals surface area contributed by atoms with E-state index in [9.17, 15) is 4.79 Å². The van der Waals surface area contributed by atoms with Crippen LogP contribution in [0.15, 0.2) is 23.9 Å². The number of carbonyl (C=O) groups is 1. The van der Waals surface area contributed by atoms with Gasteiger partial charge in [0.05, 0.1) is 0 Å². The Hall–Kier alpha value is -1.05. The quantitative estimate of drug-likeness (QED) is 0.472. The number of carbonyl (C=O) groups excluding carboxylic acids is 1. The van der Waals surface area contributed by atoms with Crippen molar-refractivity contribution in [1.29, 1.82) is 0 Å². The fourth-order valence-electron chi connectivity index (χ4n) is 0.662. The number of allylic oxidation sites excluding steroid dienone is 3. The lowest BCUT2D eigenvalue weighted by atomic mass is 10.1. The molecule has 0 radical (unpaired) electrons. The van der Waals surface area contributed by atoms with E-state index in [4.69, 9.17) is 5.73 Å². The Morgan fingerprint density at radius 1 is 1.60 bits per heavy atom. The third-order valence-corrected chi connectivity index (χ3v) is 1.15. The van der Waals surface area contributed by atoms with Gasteiger partial charge in [0.25, 0.3) is 0 Å². The van der Waals surface area contributed by atoms with Crippen LogP contribution in [0.5, 0.6) is 0 Å². The van der Waals surface area contributed by atoms with E-state index < -0.39 is 0 Å². The molecule has 0 rings (SSSR count). The Labute approximate surface area is 61.4 Å². The average Bonchev–Trinajstić information content (AvgIpc) is 1.98. The molecule has 10 heavy (non-hydrogen) atoms. The minimum atomic E-state index is 0.549. The van der Waals surface area contributed by atoms with Crippen LogP contribution in [0.3, 0.4) is 0 Å². The zero-order valence-corrected chi connectivity index (χ0v) is 6.21. The highest BCUT2D eigenvalue weighted by Gasteiger charge is 1.88. The van der Waals surface area contributed by atoms with Crippen LogP contribution in [0.1, 0.15) is 19.8 Å². The lowest BCUT2D eigenvalue weighted by molar-refractivity contribution is -0.107. The molecule has 0 aliphatic carbocycles. The van der Waals surface area contributed by atoms with E-state index in [1.165, 1.54) is 6.20 Å². The molecule has 0 atom stereocenters. The minimum absolute atomic E-state index is 0.549. The van der Waals surface area contributed by atoms with Gasteiger partial charge in [-0.3, -0.25) is 0 Å². The first-order valence-electron chi connectivity index (χ1n) is 3.32. The van der Waals surface area contributed by atoms with E-state index in [2.05, 4.69) is 0 Å². The second kappa shape index (κ2) is 6.08. The molecule has 2 N–H and O–H groups in total. The number of rotatable bonds is 4. The molecule has 2 heteroatoms. The van der Waals surface area contributed by atoms with Gasteiger partial charge >= 0.3 is 0 Å². The SMILES string of the molecule is C/C=C\C(=C/N)CCC=O. The maximum Gasteiger partial charge on any atom is 0.120 e. The topological polar surface area (TPSA) is 43.1 Å². The molecular formula is C8H13NO. The highest BCUT2D eigenvalue weighted by atomic mass is 16.1. The third-order valence-electron chi connectivity index (χ3n) is 1.15. The van der Waals surface area contributed by atoms with Gasteiger partial charge in [-0.05, 0) is 25.1 Å². The van der Waals surface area contributed by atoms with Crippen LogP contribution in [0.25, 0.3) is 0 Å². The van der Waals surface area contributed by atoms with Crippen molar-refractivity contribution in [2.75, 3.05) is 0 Å². The van der Waals surface area contributed by atoms with Crippen molar-refractivity contribution in [2.45, 2.75) is 19.8 Å². The van der Waals surface area contributed by atoms with Gasteiger partial charge in [0.2, 0.25) is 0 Å². The van der Waals surface area contributed by atoms with Crippen LogP contribution in [-0.4, -0.2) is 6.29 Å². The Bertz CT molecular complexity index is 147. The monoisotopic (exact) mass is 139 g/mol. The van der Waals surface area contributed by atoms with E-state index in [0.29, 0.717) is 6.42 Å². The molecule has 0 saturated carbocycles. The predicted molar refractivity (Wildman–Crippen MR) is 42.4 cm³/mol. The molecule has 0 bridgehead atoms. The third kappa shape index (κ3) is 3.89. The molecule has 0 aromatic rings. The first-order chi connectivity index (χ1) is 4.85. The zero-order valence-electron chi connectivity index (χ0n) is 6.21. The summed E-state index contributed by atoms with van der Waals surface area (Å²) in [5.41, 5.74) is 6.28. The summed E-state index contributed by atoms with van der Waals surface area (Å²) in [5.74, 6) is 0. The van der Waals surface area contributed by atoms with Gasteiger partial charge in [0.15, 0.2) is 0 Å². The molecule has 0 unspecified atom stereocenters. The fraction of sp³-hybridized carbons (Fsp3) is 0.375. The normalized spacial score (nSPS) is 12.3. The maximum atomic E-state index is 9.94. The summed E-state index contributed by atoms with van der Waals surface area (Å²) >= 11 is 0. The van der Waals surface area contributed by atoms with Crippen molar-refractivity contribution >= 4 is 6.29 Å². The molecule has 2 nitrogen and oxygen atoms in total. The maximum absolute atomic E-state index is 9.94. The number of hydrogen-bond donors (Lipinski definition) is 1. The summed E-state index contributed by atoms with van der Waals surface area (Å²) in [6.07, 6.45) is 7.53. The second-order valence-corrected chi connectivity index (χ2v) is 1.95. The van der Waals surface area contributed by atoms with Crippen molar-refractivity contribution in [2.24, 2.45) is 5.73 Å². The van der Waals surface area contributed by atoms with Gasteiger partial charge in [-0.1, -0.05) is 12.2 Å². The van der Waals surface area contributed by atoms with Crippen molar-refractivity contribution < 1.29 is 4.79 Å². The van der Waals surface area contributed by atoms with Gasteiger partial charge in [0.1, 0.15) is 6.29 Å². The molecule has 0 aliphatic rings. The first kappa shape index (κ1) is 8.95. The summed E-state index contributed by atoms with van der Waals surface area (Å²) in [6.45, 7) is 1.92. The van der Waals surface area contributed by atoms with Crippen LogP contribution in [0, 0.1) is 0 Å². The van der Waals surface area contributed by atoms with Gasteiger partial charge < -0.3 is 10.5 Å². The van der Waals surface area contributed by atoms with E-state index in [1.807, 2.05) is 19.1 Å². The molecule has 0 heterocycles. The van der Waals surface area contributed by atoms with Crippen molar-refractivity contribution in [3.8, 4) is 0 Å². The van der Waals surface area contributed by atoms with Crippen LogP contribution in [0.2, 0.25) is 0 Å². The van der Waals surface area contributed by atoms with E-state index in [0.717, 1.165) is 18.3 Å². The van der Waals surface area contributed by atoms with Crippen LogP contribution in [0.4, 0.5) is 0 Å². The summed E-state index contributed by atoms with van der Waals surface area (Å²) in [5, 5.41) is 0. The Kier molecular flexibility index (Phi) is 5.44. The minimum Gasteiger partial charge on any atom is -0.404 e. The van der Waals surface area contributed by atoms with Gasteiger partial charge in [-0.2, -0.15) is 0 Å².